The van der Waals surface area contributed by atoms with Crippen molar-refractivity contribution in [2.24, 2.45) is 11.5 Å². The molecule has 14 nitrogen and oxygen atoms in total. The van der Waals surface area contributed by atoms with Gasteiger partial charge >= 0.3 is 5.97 Å². The first-order valence-corrected chi connectivity index (χ1v) is 11.0. The maximum atomic E-state index is 13.0. The number of carbonyl (C=O) groups is 5. The van der Waals surface area contributed by atoms with E-state index in [1.807, 2.05) is 0 Å². The number of amides is 4. The van der Waals surface area contributed by atoms with E-state index in [0.29, 0.717) is 5.56 Å². The second-order valence-electron chi connectivity index (χ2n) is 8.21. The summed E-state index contributed by atoms with van der Waals surface area (Å²) in [6.45, 7) is 0.452. The van der Waals surface area contributed by atoms with Gasteiger partial charge in [-0.2, -0.15) is 0 Å². The molecule has 0 aliphatic carbocycles. The molecule has 0 spiro atoms. The van der Waals surface area contributed by atoms with Gasteiger partial charge in [0.1, 0.15) is 18.1 Å². The van der Waals surface area contributed by atoms with Crippen LogP contribution in [0, 0.1) is 0 Å². The molecule has 14 heteroatoms. The number of nitrogens with one attached hydrogen (secondary N) is 4. The largest absolute Gasteiger partial charge is 0.480 e. The van der Waals surface area contributed by atoms with Gasteiger partial charge in [0.2, 0.25) is 23.6 Å². The standard InChI is InChI=1S/C22H30N6O8/c1-10(30)18(22(35)36)28-21(34)15(6-11-8-25-14-5-3-2-4-12(11)14)27-20(33)16(7-17(24)31)26-19(32)13(23)9-29/h2-5,8,10,13,15-16,18,25,29-30H,6-7,9,23H2,1H3,(H2,24,31)(H,26,32)(H,27,33)(H,28,34)(H,35,36). The quantitative estimate of drug-likeness (QED) is 0.133. The fourth-order valence-corrected chi connectivity index (χ4v) is 3.42. The van der Waals surface area contributed by atoms with E-state index in [9.17, 15) is 34.2 Å². The number of primary amides is 1. The van der Waals surface area contributed by atoms with Crippen molar-refractivity contribution in [3.63, 3.8) is 0 Å². The van der Waals surface area contributed by atoms with E-state index in [0.717, 1.165) is 10.9 Å². The zero-order chi connectivity index (χ0) is 27.0. The van der Waals surface area contributed by atoms with Crippen molar-refractivity contribution in [2.75, 3.05) is 6.61 Å². The predicted octanol–water partition coefficient (Wildman–Crippen LogP) is -3.17. The van der Waals surface area contributed by atoms with Gasteiger partial charge in [-0.05, 0) is 18.6 Å². The summed E-state index contributed by atoms with van der Waals surface area (Å²) in [5, 5.41) is 35.6. The Kier molecular flexibility index (Phi) is 9.90. The van der Waals surface area contributed by atoms with Crippen LogP contribution in [-0.4, -0.2) is 86.8 Å². The van der Waals surface area contributed by atoms with Gasteiger partial charge in [-0.15, -0.1) is 0 Å². The fourth-order valence-electron chi connectivity index (χ4n) is 3.42. The summed E-state index contributed by atoms with van der Waals surface area (Å²) in [4.78, 5) is 64.1. The van der Waals surface area contributed by atoms with Crippen LogP contribution >= 0.6 is 0 Å². The summed E-state index contributed by atoms with van der Waals surface area (Å²) in [5.41, 5.74) is 12.0. The second-order valence-corrected chi connectivity index (χ2v) is 8.21. The van der Waals surface area contributed by atoms with Crippen LogP contribution in [0.1, 0.15) is 18.9 Å². The minimum absolute atomic E-state index is 0.110. The molecule has 11 N–H and O–H groups in total. The van der Waals surface area contributed by atoms with Crippen LogP contribution in [0.25, 0.3) is 10.9 Å². The lowest BCUT2D eigenvalue weighted by atomic mass is 10.0. The van der Waals surface area contributed by atoms with Gasteiger partial charge in [0.05, 0.1) is 19.1 Å². The van der Waals surface area contributed by atoms with Crippen molar-refractivity contribution in [1.29, 1.82) is 0 Å². The third-order valence-electron chi connectivity index (χ3n) is 5.35. The molecule has 0 saturated heterocycles. The molecule has 196 valence electrons. The Morgan fingerprint density at radius 2 is 1.61 bits per heavy atom. The normalized spacial score (nSPS) is 15.2. The van der Waals surface area contributed by atoms with Crippen LogP contribution in [0.15, 0.2) is 30.5 Å². The van der Waals surface area contributed by atoms with Crippen molar-refractivity contribution >= 4 is 40.5 Å². The van der Waals surface area contributed by atoms with Gasteiger partial charge in [-0.3, -0.25) is 19.2 Å². The van der Waals surface area contributed by atoms with E-state index in [4.69, 9.17) is 16.6 Å². The topological polar surface area (TPSA) is 250 Å². The van der Waals surface area contributed by atoms with E-state index in [1.165, 1.54) is 6.92 Å². The SMILES string of the molecule is CC(O)C(NC(=O)C(Cc1c[nH]c2ccccc12)NC(=O)C(CC(N)=O)NC(=O)C(N)CO)C(=O)O. The molecule has 0 aliphatic heterocycles. The van der Waals surface area contributed by atoms with Gasteiger partial charge < -0.3 is 47.7 Å². The van der Waals surface area contributed by atoms with Crippen LogP contribution in [-0.2, 0) is 30.4 Å². The molecule has 0 aliphatic rings. The molecule has 5 unspecified atom stereocenters. The molecule has 0 fully saturated rings. The third-order valence-corrected chi connectivity index (χ3v) is 5.35. The van der Waals surface area contributed by atoms with Gasteiger partial charge in [-0.25, -0.2) is 4.79 Å². The number of fused-ring (bicyclic) bond motifs is 1. The molecular weight excluding hydrogens is 476 g/mol. The number of rotatable bonds is 13. The molecule has 1 heterocycles. The van der Waals surface area contributed by atoms with Crippen LogP contribution < -0.4 is 27.4 Å². The van der Waals surface area contributed by atoms with E-state index in [-0.39, 0.29) is 6.42 Å². The summed E-state index contributed by atoms with van der Waals surface area (Å²) in [6, 6.07) is 1.19. The Labute approximate surface area is 205 Å². The highest BCUT2D eigenvalue weighted by Crippen LogP contribution is 2.19. The number of aliphatic hydroxyl groups excluding tert-OH is 2. The van der Waals surface area contributed by atoms with Crippen LogP contribution in [0.3, 0.4) is 0 Å². The number of aromatic nitrogens is 1. The van der Waals surface area contributed by atoms with Crippen LogP contribution in [0.5, 0.6) is 0 Å². The third kappa shape index (κ3) is 7.49. The van der Waals surface area contributed by atoms with Crippen molar-refractivity contribution in [3.8, 4) is 0 Å². The highest BCUT2D eigenvalue weighted by molar-refractivity contribution is 5.96. The molecule has 0 radical (unpaired) electrons. The number of aliphatic carboxylic acids is 1. The van der Waals surface area contributed by atoms with Gasteiger partial charge in [-0.1, -0.05) is 18.2 Å². The molecule has 5 atom stereocenters. The van der Waals surface area contributed by atoms with Crippen molar-refractivity contribution in [1.82, 2.24) is 20.9 Å². The van der Waals surface area contributed by atoms with Crippen molar-refractivity contribution < 1.29 is 39.3 Å². The van der Waals surface area contributed by atoms with Crippen molar-refractivity contribution in [2.45, 2.75) is 50.0 Å². The summed E-state index contributed by atoms with van der Waals surface area (Å²) in [6.07, 6.45) is -0.578. The number of aliphatic hydroxyl groups is 2. The lowest BCUT2D eigenvalue weighted by Crippen LogP contribution is -2.59. The highest BCUT2D eigenvalue weighted by atomic mass is 16.4. The number of carboxylic acids is 1. The lowest BCUT2D eigenvalue weighted by Gasteiger charge is -2.25. The number of aromatic amines is 1. The van der Waals surface area contributed by atoms with E-state index in [2.05, 4.69) is 20.9 Å². The van der Waals surface area contributed by atoms with Gasteiger partial charge in [0.25, 0.3) is 0 Å². The number of hydrogen-bond donors (Lipinski definition) is 9. The number of para-hydroxylation sites is 1. The smallest absolute Gasteiger partial charge is 0.328 e. The fraction of sp³-hybridized carbons (Fsp3) is 0.409. The Morgan fingerprint density at radius 3 is 2.19 bits per heavy atom. The summed E-state index contributed by atoms with van der Waals surface area (Å²) >= 11 is 0. The van der Waals surface area contributed by atoms with E-state index < -0.39 is 72.9 Å². The number of H-pyrrole nitrogens is 1. The van der Waals surface area contributed by atoms with Gasteiger partial charge in [0, 0.05) is 23.5 Å². The number of benzene rings is 1. The number of nitrogens with two attached hydrogens (primary N) is 2. The molecule has 2 aromatic rings. The molecule has 0 bridgehead atoms. The first-order valence-electron chi connectivity index (χ1n) is 11.0. The maximum absolute atomic E-state index is 13.0. The number of carboxylic acid groups (broad SMARTS) is 1. The first kappa shape index (κ1) is 28.2. The molecule has 1 aromatic heterocycles. The Bertz CT molecular complexity index is 1120. The molecule has 2 rings (SSSR count). The van der Waals surface area contributed by atoms with Crippen LogP contribution in [0.2, 0.25) is 0 Å². The highest BCUT2D eigenvalue weighted by Gasteiger charge is 2.33. The van der Waals surface area contributed by atoms with E-state index >= 15 is 0 Å². The van der Waals surface area contributed by atoms with Gasteiger partial charge in [0.15, 0.2) is 6.04 Å². The average Bonchev–Trinajstić information content (AvgIpc) is 3.22. The minimum Gasteiger partial charge on any atom is -0.480 e. The molecule has 0 saturated carbocycles. The Balaban J connectivity index is 2.34. The molecule has 36 heavy (non-hydrogen) atoms. The molecule has 1 aromatic carbocycles. The number of carbonyl (C=O) groups excluding carboxylic acids is 4. The van der Waals surface area contributed by atoms with Crippen LogP contribution in [0.4, 0.5) is 0 Å². The van der Waals surface area contributed by atoms with E-state index in [1.54, 1.807) is 30.5 Å². The molecular formula is C22H30N6O8. The summed E-state index contributed by atoms with van der Waals surface area (Å²) in [5.74, 6) is -5.27. The monoisotopic (exact) mass is 506 g/mol. The Morgan fingerprint density at radius 1 is 1.00 bits per heavy atom. The lowest BCUT2D eigenvalue weighted by molar-refractivity contribution is -0.145. The predicted molar refractivity (Wildman–Crippen MR) is 126 cm³/mol. The first-order chi connectivity index (χ1) is 16.9. The zero-order valence-corrected chi connectivity index (χ0v) is 19.4. The van der Waals surface area contributed by atoms with Crippen molar-refractivity contribution in [3.05, 3.63) is 36.0 Å². The zero-order valence-electron chi connectivity index (χ0n) is 19.4. The Hall–Kier alpha value is -4.01. The minimum atomic E-state index is -1.66. The molecule has 4 amide bonds. The summed E-state index contributed by atoms with van der Waals surface area (Å²) < 4.78 is 0. The average molecular weight is 507 g/mol. The second kappa shape index (κ2) is 12.6. The summed E-state index contributed by atoms with van der Waals surface area (Å²) in [7, 11) is 0. The maximum Gasteiger partial charge on any atom is 0.328 e. The number of hydrogen-bond acceptors (Lipinski definition) is 8.